The van der Waals surface area contributed by atoms with Gasteiger partial charge in [0.25, 0.3) is 0 Å². The van der Waals surface area contributed by atoms with Crippen LogP contribution in [-0.2, 0) is 4.79 Å². The first-order chi connectivity index (χ1) is 11.9. The van der Waals surface area contributed by atoms with Gasteiger partial charge in [0.05, 0.1) is 16.8 Å². The third-order valence-corrected chi connectivity index (χ3v) is 6.60. The predicted octanol–water partition coefficient (Wildman–Crippen LogP) is 2.59. The lowest BCUT2D eigenvalue weighted by Gasteiger charge is -2.52. The molecule has 2 aromatic heterocycles. The summed E-state index contributed by atoms with van der Waals surface area (Å²) in [6, 6.07) is 8.36. The third-order valence-electron chi connectivity index (χ3n) is 6.60. The number of hydrogen-bond acceptors (Lipinski definition) is 3. The molecule has 1 amide bonds. The van der Waals surface area contributed by atoms with Gasteiger partial charge in [-0.3, -0.25) is 4.79 Å². The van der Waals surface area contributed by atoms with Crippen molar-refractivity contribution in [3.05, 3.63) is 36.2 Å². The van der Waals surface area contributed by atoms with Gasteiger partial charge in [0.15, 0.2) is 0 Å². The number of likely N-dealkylation sites (tertiary alicyclic amines) is 1. The van der Waals surface area contributed by atoms with Gasteiger partial charge < -0.3 is 10.0 Å². The van der Waals surface area contributed by atoms with Crippen LogP contribution in [0, 0.1) is 11.3 Å². The van der Waals surface area contributed by atoms with Gasteiger partial charge in [0, 0.05) is 36.5 Å². The minimum Gasteiger partial charge on any atom is -0.390 e. The summed E-state index contributed by atoms with van der Waals surface area (Å²) in [4.78, 5) is 14.5. The zero-order valence-corrected chi connectivity index (χ0v) is 14.7. The van der Waals surface area contributed by atoms with Crippen LogP contribution in [0.15, 0.2) is 30.5 Å². The maximum atomic E-state index is 12.5. The van der Waals surface area contributed by atoms with Gasteiger partial charge in [-0.2, -0.15) is 5.10 Å². The molecule has 2 aromatic rings. The van der Waals surface area contributed by atoms with Crippen molar-refractivity contribution in [2.75, 3.05) is 13.1 Å². The lowest BCUT2D eigenvalue weighted by Crippen LogP contribution is -2.61. The van der Waals surface area contributed by atoms with Crippen LogP contribution >= 0.6 is 0 Å². The Morgan fingerprint density at radius 2 is 2.08 bits per heavy atom. The van der Waals surface area contributed by atoms with Gasteiger partial charge in [0.1, 0.15) is 0 Å². The van der Waals surface area contributed by atoms with Crippen molar-refractivity contribution in [3.63, 3.8) is 0 Å². The molecule has 2 saturated carbocycles. The fraction of sp³-hybridized carbons (Fsp3) is 0.600. The van der Waals surface area contributed by atoms with Crippen LogP contribution in [-0.4, -0.2) is 44.2 Å². The number of carbonyl (C=O) groups is 1. The lowest BCUT2D eigenvalue weighted by atomic mass is 9.69. The molecule has 2 aliphatic carbocycles. The van der Waals surface area contributed by atoms with Crippen LogP contribution in [0.2, 0.25) is 0 Å². The second-order valence-corrected chi connectivity index (χ2v) is 8.88. The minimum atomic E-state index is -0.621. The molecule has 0 radical (unpaired) electrons. The SMILES string of the molecule is CC1(O)CC(C(=O)N2CC3(CC[C@@H](c4cc5ccccn5n4)C3)C2)C1. The maximum Gasteiger partial charge on any atom is 0.225 e. The smallest absolute Gasteiger partial charge is 0.225 e. The monoisotopic (exact) mass is 339 g/mol. The molecule has 1 N–H and O–H groups in total. The summed E-state index contributed by atoms with van der Waals surface area (Å²) in [5.74, 6) is 0.818. The summed E-state index contributed by atoms with van der Waals surface area (Å²) in [6.45, 7) is 3.62. The number of fused-ring (bicyclic) bond motifs is 1. The third kappa shape index (κ3) is 2.48. The van der Waals surface area contributed by atoms with Crippen LogP contribution < -0.4 is 0 Å². The van der Waals surface area contributed by atoms with Crippen LogP contribution in [0.1, 0.15) is 50.6 Å². The van der Waals surface area contributed by atoms with Crippen LogP contribution in [0.5, 0.6) is 0 Å². The van der Waals surface area contributed by atoms with E-state index in [4.69, 9.17) is 5.10 Å². The summed E-state index contributed by atoms with van der Waals surface area (Å²) in [6.07, 6.45) is 6.75. The van der Waals surface area contributed by atoms with Crippen molar-refractivity contribution < 1.29 is 9.90 Å². The quantitative estimate of drug-likeness (QED) is 0.915. The Bertz CT molecular complexity index is 793. The van der Waals surface area contributed by atoms with Gasteiger partial charge in [0.2, 0.25) is 5.91 Å². The molecule has 25 heavy (non-hydrogen) atoms. The standard InChI is InChI=1S/C20H25N3O2/c1-19(25)9-15(10-19)18(24)22-12-20(13-22)6-5-14(11-20)17-8-16-4-2-3-7-23(16)21-17/h2-4,7-8,14-15,25H,5-6,9-13H2,1H3/t14-,15?,19?/m1/s1. The molecule has 1 aliphatic heterocycles. The fourth-order valence-corrected chi connectivity index (χ4v) is 5.26. The van der Waals surface area contributed by atoms with Crippen molar-refractivity contribution in [2.24, 2.45) is 11.3 Å². The molecule has 3 fully saturated rings. The Kier molecular flexibility index (Phi) is 3.12. The molecule has 1 atom stereocenters. The zero-order chi connectivity index (χ0) is 17.2. The highest BCUT2D eigenvalue weighted by molar-refractivity contribution is 5.81. The number of hydrogen-bond donors (Lipinski definition) is 1. The molecule has 3 heterocycles. The second-order valence-electron chi connectivity index (χ2n) is 8.88. The summed E-state index contributed by atoms with van der Waals surface area (Å²) < 4.78 is 1.96. The number of aromatic nitrogens is 2. The van der Waals surface area contributed by atoms with E-state index in [0.29, 0.717) is 24.2 Å². The molecule has 132 valence electrons. The first-order valence-electron chi connectivity index (χ1n) is 9.39. The van der Waals surface area contributed by atoms with Gasteiger partial charge in [-0.15, -0.1) is 0 Å². The van der Waals surface area contributed by atoms with E-state index in [1.54, 1.807) is 0 Å². The van der Waals surface area contributed by atoms with Crippen molar-refractivity contribution in [3.8, 4) is 0 Å². The highest BCUT2D eigenvalue weighted by atomic mass is 16.3. The van der Waals surface area contributed by atoms with Crippen molar-refractivity contribution in [1.29, 1.82) is 0 Å². The molecule has 1 spiro atoms. The molecule has 5 heteroatoms. The van der Waals surface area contributed by atoms with Gasteiger partial charge in [-0.25, -0.2) is 4.52 Å². The molecule has 1 saturated heterocycles. The highest BCUT2D eigenvalue weighted by Crippen LogP contribution is 2.52. The highest BCUT2D eigenvalue weighted by Gasteiger charge is 2.53. The minimum absolute atomic E-state index is 0.0444. The largest absolute Gasteiger partial charge is 0.390 e. The molecule has 0 aromatic carbocycles. The summed E-state index contributed by atoms with van der Waals surface area (Å²) in [5.41, 5.74) is 2.04. The van der Waals surface area contributed by atoms with E-state index in [2.05, 4.69) is 12.1 Å². The Morgan fingerprint density at radius 1 is 1.28 bits per heavy atom. The average Bonchev–Trinajstić information content (AvgIpc) is 3.14. The summed E-state index contributed by atoms with van der Waals surface area (Å²) >= 11 is 0. The number of rotatable bonds is 2. The van der Waals surface area contributed by atoms with Gasteiger partial charge in [-0.05, 0) is 57.2 Å². The Morgan fingerprint density at radius 3 is 2.80 bits per heavy atom. The average molecular weight is 339 g/mol. The Labute approximate surface area is 147 Å². The van der Waals surface area contributed by atoms with E-state index >= 15 is 0 Å². The number of amides is 1. The lowest BCUT2D eigenvalue weighted by molar-refractivity contribution is -0.161. The van der Waals surface area contributed by atoms with E-state index in [9.17, 15) is 9.90 Å². The van der Waals surface area contributed by atoms with E-state index in [1.165, 1.54) is 18.5 Å². The summed E-state index contributed by atoms with van der Waals surface area (Å²) in [5, 5.41) is 14.6. The molecule has 5 rings (SSSR count). The first-order valence-corrected chi connectivity index (χ1v) is 9.39. The molecule has 0 bridgehead atoms. The van der Waals surface area contributed by atoms with E-state index in [1.807, 2.05) is 34.7 Å². The fourth-order valence-electron chi connectivity index (χ4n) is 5.26. The van der Waals surface area contributed by atoms with Gasteiger partial charge >= 0.3 is 0 Å². The molecule has 0 unspecified atom stereocenters. The van der Waals surface area contributed by atoms with Crippen molar-refractivity contribution in [2.45, 2.75) is 50.5 Å². The molecule has 3 aliphatic rings. The maximum absolute atomic E-state index is 12.5. The Balaban J connectivity index is 1.22. The number of nitrogens with zero attached hydrogens (tertiary/aromatic N) is 3. The summed E-state index contributed by atoms with van der Waals surface area (Å²) in [7, 11) is 0. The van der Waals surface area contributed by atoms with Crippen molar-refractivity contribution in [1.82, 2.24) is 14.5 Å². The topological polar surface area (TPSA) is 57.8 Å². The Hall–Kier alpha value is -1.88. The molecular weight excluding hydrogens is 314 g/mol. The van der Waals surface area contributed by atoms with E-state index in [-0.39, 0.29) is 11.8 Å². The second kappa shape index (κ2) is 5.07. The van der Waals surface area contributed by atoms with Crippen LogP contribution in [0.4, 0.5) is 0 Å². The first kappa shape index (κ1) is 15.4. The molecule has 5 nitrogen and oxygen atoms in total. The van der Waals surface area contributed by atoms with Crippen LogP contribution in [0.3, 0.4) is 0 Å². The zero-order valence-electron chi connectivity index (χ0n) is 14.7. The predicted molar refractivity (Wildman–Crippen MR) is 94.1 cm³/mol. The van der Waals surface area contributed by atoms with Crippen LogP contribution in [0.25, 0.3) is 5.52 Å². The van der Waals surface area contributed by atoms with Gasteiger partial charge in [-0.1, -0.05) is 6.07 Å². The number of pyridine rings is 1. The normalized spacial score (nSPS) is 33.4. The van der Waals surface area contributed by atoms with Crippen molar-refractivity contribution >= 4 is 11.4 Å². The molecular formula is C20H25N3O2. The number of carbonyl (C=O) groups excluding carboxylic acids is 1. The number of aliphatic hydroxyl groups is 1. The van der Waals surface area contributed by atoms with E-state index < -0.39 is 5.60 Å². The van der Waals surface area contributed by atoms with E-state index in [0.717, 1.165) is 25.0 Å².